The van der Waals surface area contributed by atoms with Crippen LogP contribution in [0.5, 0.6) is 17.2 Å². The van der Waals surface area contributed by atoms with Crippen LogP contribution in [0.25, 0.3) is 0 Å². The number of aryl methyl sites for hydroxylation is 2. The molecule has 4 heteroatoms. The van der Waals surface area contributed by atoms with Gasteiger partial charge >= 0.3 is 5.97 Å². The minimum atomic E-state index is -0.272. The summed E-state index contributed by atoms with van der Waals surface area (Å²) in [5, 5.41) is 0. The monoisotopic (exact) mass is 368 g/mol. The van der Waals surface area contributed by atoms with Crippen LogP contribution in [-0.4, -0.2) is 13.1 Å². The van der Waals surface area contributed by atoms with E-state index in [1.54, 1.807) is 20.1 Å². The fourth-order valence-electron chi connectivity index (χ4n) is 3.28. The van der Waals surface area contributed by atoms with Crippen LogP contribution in [0.2, 0.25) is 0 Å². The highest BCUT2D eigenvalue weighted by Gasteiger charge is 2.28. The molecule has 2 aromatic rings. The number of hydrogen-bond donors (Lipinski definition) is 0. The molecule has 144 valence electrons. The fourth-order valence-corrected chi connectivity index (χ4v) is 3.28. The maximum atomic E-state index is 11.8. The quantitative estimate of drug-likeness (QED) is 0.466. The molecule has 0 aromatic heterocycles. The van der Waals surface area contributed by atoms with Crippen molar-refractivity contribution < 1.29 is 19.0 Å². The van der Waals surface area contributed by atoms with Crippen molar-refractivity contribution >= 4 is 5.97 Å². The van der Waals surface area contributed by atoms with Crippen molar-refractivity contribution in [3.05, 3.63) is 52.6 Å². The van der Waals surface area contributed by atoms with Gasteiger partial charge in [0.05, 0.1) is 12.7 Å². The largest absolute Gasteiger partial charge is 0.496 e. The van der Waals surface area contributed by atoms with E-state index in [1.807, 2.05) is 12.1 Å². The lowest BCUT2D eigenvalue weighted by molar-refractivity contribution is -0.134. The average Bonchev–Trinajstić information content (AvgIpc) is 3.51. The van der Waals surface area contributed by atoms with Crippen molar-refractivity contribution in [2.24, 2.45) is 0 Å². The molecule has 0 amide bonds. The van der Waals surface area contributed by atoms with E-state index in [1.165, 1.54) is 29.5 Å². The minimum Gasteiger partial charge on any atom is -0.496 e. The van der Waals surface area contributed by atoms with E-state index in [0.717, 1.165) is 17.7 Å². The Bertz CT molecular complexity index is 821. The second kappa shape index (κ2) is 8.47. The molecular weight excluding hydrogens is 340 g/mol. The van der Waals surface area contributed by atoms with Crippen LogP contribution < -0.4 is 14.2 Å². The van der Waals surface area contributed by atoms with Crippen LogP contribution in [0.4, 0.5) is 0 Å². The van der Waals surface area contributed by atoms with Gasteiger partial charge in [-0.05, 0) is 67.0 Å². The van der Waals surface area contributed by atoms with E-state index in [4.69, 9.17) is 14.2 Å². The van der Waals surface area contributed by atoms with Gasteiger partial charge in [0.2, 0.25) is 0 Å². The molecule has 27 heavy (non-hydrogen) atoms. The molecule has 4 nitrogen and oxygen atoms in total. The van der Waals surface area contributed by atoms with Crippen molar-refractivity contribution in [1.29, 1.82) is 0 Å². The Morgan fingerprint density at radius 3 is 2.48 bits per heavy atom. The number of rotatable bonds is 8. The van der Waals surface area contributed by atoms with Gasteiger partial charge in [-0.1, -0.05) is 26.0 Å². The topological polar surface area (TPSA) is 44.8 Å². The van der Waals surface area contributed by atoms with Crippen molar-refractivity contribution in [3.8, 4) is 17.2 Å². The summed E-state index contributed by atoms with van der Waals surface area (Å²) in [6.45, 7) is 6.38. The number of methoxy groups -OCH3 is 1. The molecule has 0 saturated heterocycles. The van der Waals surface area contributed by atoms with Crippen LogP contribution >= 0.6 is 0 Å². The molecule has 0 heterocycles. The zero-order chi connectivity index (χ0) is 19.4. The third-order valence-electron chi connectivity index (χ3n) is 5.06. The second-order valence-corrected chi connectivity index (χ2v) is 7.00. The summed E-state index contributed by atoms with van der Waals surface area (Å²) in [5.74, 6) is 2.40. The summed E-state index contributed by atoms with van der Waals surface area (Å²) in [6.07, 6.45) is 3.78. The zero-order valence-electron chi connectivity index (χ0n) is 16.6. The van der Waals surface area contributed by atoms with Gasteiger partial charge in [-0.2, -0.15) is 0 Å². The maximum Gasteiger partial charge on any atom is 0.310 e. The van der Waals surface area contributed by atoms with E-state index in [0.29, 0.717) is 30.4 Å². The molecule has 0 bridgehead atoms. The van der Waals surface area contributed by atoms with Crippen LogP contribution in [-0.2, 0) is 17.8 Å². The number of ether oxygens (including phenoxy) is 3. The standard InChI is InChI=1S/C23H28O4/c1-5-16-13-18(17-10-11-17)22(12-15(16)3)26-14-19-20(25-4)8-7-9-21(19)27-23(24)6-2/h7-9,12-13,17H,5-6,10-11,14H2,1-4H3. The Morgan fingerprint density at radius 1 is 1.11 bits per heavy atom. The number of carbonyl (C=O) groups excluding carboxylic acids is 1. The number of hydrogen-bond acceptors (Lipinski definition) is 4. The first-order valence-electron chi connectivity index (χ1n) is 9.70. The van der Waals surface area contributed by atoms with E-state index >= 15 is 0 Å². The third-order valence-corrected chi connectivity index (χ3v) is 5.06. The number of carbonyl (C=O) groups is 1. The van der Waals surface area contributed by atoms with Crippen LogP contribution in [0.3, 0.4) is 0 Å². The van der Waals surface area contributed by atoms with Crippen molar-refractivity contribution in [2.45, 2.75) is 59.0 Å². The molecule has 1 aliphatic rings. The fraction of sp³-hybridized carbons (Fsp3) is 0.435. The summed E-state index contributed by atoms with van der Waals surface area (Å²) in [5.41, 5.74) is 4.66. The molecule has 1 fully saturated rings. The first-order chi connectivity index (χ1) is 13.1. The number of esters is 1. The predicted molar refractivity (Wildman–Crippen MR) is 106 cm³/mol. The second-order valence-electron chi connectivity index (χ2n) is 7.00. The highest BCUT2D eigenvalue weighted by Crippen LogP contribution is 2.45. The molecule has 3 rings (SSSR count). The molecule has 0 aliphatic heterocycles. The van der Waals surface area contributed by atoms with Gasteiger partial charge in [-0.3, -0.25) is 4.79 Å². The summed E-state index contributed by atoms with van der Waals surface area (Å²) in [7, 11) is 1.61. The van der Waals surface area contributed by atoms with Crippen molar-refractivity contribution in [3.63, 3.8) is 0 Å². The number of benzene rings is 2. The van der Waals surface area contributed by atoms with E-state index < -0.39 is 0 Å². The van der Waals surface area contributed by atoms with Crippen LogP contribution in [0, 0.1) is 6.92 Å². The van der Waals surface area contributed by atoms with Crippen LogP contribution in [0.15, 0.2) is 30.3 Å². The SMILES string of the molecule is CCC(=O)Oc1cccc(OC)c1COc1cc(C)c(CC)cc1C1CC1. The molecule has 0 spiro atoms. The van der Waals surface area contributed by atoms with Gasteiger partial charge in [0.25, 0.3) is 0 Å². The molecule has 0 atom stereocenters. The van der Waals surface area contributed by atoms with Gasteiger partial charge in [-0.25, -0.2) is 0 Å². The molecule has 1 saturated carbocycles. The lowest BCUT2D eigenvalue weighted by atomic mass is 9.99. The normalized spacial score (nSPS) is 13.3. The van der Waals surface area contributed by atoms with Crippen molar-refractivity contribution in [2.75, 3.05) is 7.11 Å². The average molecular weight is 368 g/mol. The Kier molecular flexibility index (Phi) is 6.04. The molecule has 0 unspecified atom stereocenters. The molecule has 0 N–H and O–H groups in total. The van der Waals surface area contributed by atoms with Gasteiger partial charge in [0.1, 0.15) is 23.9 Å². The molecule has 2 aromatic carbocycles. The van der Waals surface area contributed by atoms with E-state index in [-0.39, 0.29) is 5.97 Å². The third kappa shape index (κ3) is 4.44. The maximum absolute atomic E-state index is 11.8. The van der Waals surface area contributed by atoms with Crippen LogP contribution in [0.1, 0.15) is 61.3 Å². The summed E-state index contributed by atoms with van der Waals surface area (Å²) in [4.78, 5) is 11.8. The van der Waals surface area contributed by atoms with E-state index in [2.05, 4.69) is 26.0 Å². The summed E-state index contributed by atoms with van der Waals surface area (Å²) < 4.78 is 17.2. The first-order valence-corrected chi connectivity index (χ1v) is 9.70. The Labute approximate surface area is 161 Å². The minimum absolute atomic E-state index is 0.272. The Hall–Kier alpha value is -2.49. The van der Waals surface area contributed by atoms with Crippen molar-refractivity contribution in [1.82, 2.24) is 0 Å². The summed E-state index contributed by atoms with van der Waals surface area (Å²) in [6, 6.07) is 9.88. The Morgan fingerprint density at radius 2 is 1.85 bits per heavy atom. The lowest BCUT2D eigenvalue weighted by Gasteiger charge is -2.17. The van der Waals surface area contributed by atoms with Gasteiger partial charge in [0, 0.05) is 6.42 Å². The highest BCUT2D eigenvalue weighted by molar-refractivity contribution is 5.72. The first kappa shape index (κ1) is 19.3. The zero-order valence-corrected chi connectivity index (χ0v) is 16.6. The predicted octanol–water partition coefficient (Wildman–Crippen LogP) is 5.34. The highest BCUT2D eigenvalue weighted by atomic mass is 16.5. The van der Waals surface area contributed by atoms with Gasteiger partial charge < -0.3 is 14.2 Å². The Balaban J connectivity index is 1.88. The molecular formula is C23H28O4. The van der Waals surface area contributed by atoms with Gasteiger partial charge in [0.15, 0.2) is 0 Å². The lowest BCUT2D eigenvalue weighted by Crippen LogP contribution is -2.10. The van der Waals surface area contributed by atoms with E-state index in [9.17, 15) is 4.79 Å². The smallest absolute Gasteiger partial charge is 0.310 e. The molecule has 1 aliphatic carbocycles. The summed E-state index contributed by atoms with van der Waals surface area (Å²) >= 11 is 0. The molecule has 0 radical (unpaired) electrons. The van der Waals surface area contributed by atoms with Gasteiger partial charge in [-0.15, -0.1) is 0 Å².